The van der Waals surface area contributed by atoms with Crippen LogP contribution in [0.25, 0.3) is 0 Å². The Kier molecular flexibility index (Phi) is 3.68. The fourth-order valence-corrected chi connectivity index (χ4v) is 2.29. The lowest BCUT2D eigenvalue weighted by Crippen LogP contribution is -2.25. The van der Waals surface area contributed by atoms with Crippen LogP contribution in [0.1, 0.15) is 10.4 Å². The molecule has 0 spiro atoms. The van der Waals surface area contributed by atoms with Crippen molar-refractivity contribution in [3.05, 3.63) is 52.8 Å². The summed E-state index contributed by atoms with van der Waals surface area (Å²) in [5.74, 6) is -0.738. The second-order valence-corrected chi connectivity index (χ2v) is 5.03. The Labute approximate surface area is 130 Å². The lowest BCUT2D eigenvalue weighted by molar-refractivity contribution is -0.118. The van der Waals surface area contributed by atoms with E-state index in [1.54, 1.807) is 18.2 Å². The Morgan fingerprint density at radius 2 is 2.09 bits per heavy atom. The first-order valence-electron chi connectivity index (χ1n) is 6.36. The highest BCUT2D eigenvalue weighted by atomic mass is 35.5. The second-order valence-electron chi connectivity index (χ2n) is 4.63. The summed E-state index contributed by atoms with van der Waals surface area (Å²) in [5, 5.41) is 5.29. The molecule has 0 saturated carbocycles. The summed E-state index contributed by atoms with van der Waals surface area (Å²) in [6, 6.07) is 8.36. The molecule has 22 heavy (non-hydrogen) atoms. The summed E-state index contributed by atoms with van der Waals surface area (Å²) in [6.07, 6.45) is 0. The lowest BCUT2D eigenvalue weighted by atomic mass is 10.2. The van der Waals surface area contributed by atoms with Gasteiger partial charge in [-0.05, 0) is 36.4 Å². The molecule has 0 atom stereocenters. The summed E-state index contributed by atoms with van der Waals surface area (Å²) >= 11 is 5.85. The lowest BCUT2D eigenvalue weighted by Gasteiger charge is -2.18. The SMILES string of the molecule is O=C1COc2ccc(NC(=O)c3ccc(F)cc3Cl)cc2N1. The van der Waals surface area contributed by atoms with Crippen molar-refractivity contribution >= 4 is 34.8 Å². The van der Waals surface area contributed by atoms with Gasteiger partial charge in [-0.1, -0.05) is 11.6 Å². The number of anilines is 2. The quantitative estimate of drug-likeness (QED) is 0.893. The Bertz CT molecular complexity index is 779. The van der Waals surface area contributed by atoms with Crippen LogP contribution in [-0.4, -0.2) is 18.4 Å². The molecule has 0 radical (unpaired) electrons. The van der Waals surface area contributed by atoms with Gasteiger partial charge in [0.2, 0.25) is 0 Å². The van der Waals surface area contributed by atoms with Gasteiger partial charge >= 0.3 is 0 Å². The zero-order valence-corrected chi connectivity index (χ0v) is 11.9. The molecule has 112 valence electrons. The van der Waals surface area contributed by atoms with Gasteiger partial charge in [0.15, 0.2) is 6.61 Å². The van der Waals surface area contributed by atoms with Crippen LogP contribution in [-0.2, 0) is 4.79 Å². The highest BCUT2D eigenvalue weighted by Crippen LogP contribution is 2.30. The highest BCUT2D eigenvalue weighted by molar-refractivity contribution is 6.34. The van der Waals surface area contributed by atoms with Gasteiger partial charge in [-0.25, -0.2) is 4.39 Å². The number of amides is 2. The third-order valence-electron chi connectivity index (χ3n) is 3.05. The number of fused-ring (bicyclic) bond motifs is 1. The van der Waals surface area contributed by atoms with Gasteiger partial charge in [-0.2, -0.15) is 0 Å². The van der Waals surface area contributed by atoms with Gasteiger partial charge in [0.05, 0.1) is 16.3 Å². The van der Waals surface area contributed by atoms with E-state index in [-0.39, 0.29) is 23.1 Å². The van der Waals surface area contributed by atoms with Crippen LogP contribution < -0.4 is 15.4 Å². The first-order valence-corrected chi connectivity index (χ1v) is 6.74. The molecule has 2 aromatic rings. The van der Waals surface area contributed by atoms with E-state index in [0.29, 0.717) is 17.1 Å². The smallest absolute Gasteiger partial charge is 0.262 e. The van der Waals surface area contributed by atoms with Gasteiger partial charge in [0.25, 0.3) is 11.8 Å². The first-order chi connectivity index (χ1) is 10.5. The topological polar surface area (TPSA) is 67.4 Å². The van der Waals surface area contributed by atoms with Crippen LogP contribution in [0.4, 0.5) is 15.8 Å². The van der Waals surface area contributed by atoms with E-state index in [1.807, 2.05) is 0 Å². The molecular weight excluding hydrogens is 311 g/mol. The molecule has 1 heterocycles. The maximum Gasteiger partial charge on any atom is 0.262 e. The number of hydrogen-bond donors (Lipinski definition) is 2. The Morgan fingerprint density at radius 3 is 2.86 bits per heavy atom. The number of carbonyl (C=O) groups is 2. The van der Waals surface area contributed by atoms with Gasteiger partial charge in [-0.15, -0.1) is 0 Å². The zero-order valence-electron chi connectivity index (χ0n) is 11.2. The molecule has 0 aliphatic carbocycles. The predicted octanol–water partition coefficient (Wildman–Crippen LogP) is 3.06. The molecule has 0 aromatic heterocycles. The minimum absolute atomic E-state index is 0.0205. The molecule has 3 rings (SSSR count). The normalized spacial score (nSPS) is 12.9. The van der Waals surface area contributed by atoms with Gasteiger partial charge in [-0.3, -0.25) is 9.59 Å². The molecular formula is C15H10ClFN2O3. The minimum Gasteiger partial charge on any atom is -0.482 e. The number of halogens is 2. The molecule has 1 aliphatic heterocycles. The van der Waals surface area contributed by atoms with Crippen LogP contribution >= 0.6 is 11.6 Å². The fourth-order valence-electron chi connectivity index (χ4n) is 2.03. The monoisotopic (exact) mass is 320 g/mol. The predicted molar refractivity (Wildman–Crippen MR) is 79.9 cm³/mol. The average molecular weight is 321 g/mol. The average Bonchev–Trinajstić information content (AvgIpc) is 2.46. The van der Waals surface area contributed by atoms with Crippen molar-refractivity contribution < 1.29 is 18.7 Å². The van der Waals surface area contributed by atoms with Crippen molar-refractivity contribution in [3.63, 3.8) is 0 Å². The second kappa shape index (κ2) is 5.65. The number of hydrogen-bond acceptors (Lipinski definition) is 3. The zero-order chi connectivity index (χ0) is 15.7. The van der Waals surface area contributed by atoms with Crippen LogP contribution in [0.3, 0.4) is 0 Å². The van der Waals surface area contributed by atoms with Crippen molar-refractivity contribution in [2.75, 3.05) is 17.2 Å². The molecule has 0 unspecified atom stereocenters. The van der Waals surface area contributed by atoms with Crippen molar-refractivity contribution in [1.29, 1.82) is 0 Å². The standard InChI is InChI=1S/C15H10ClFN2O3/c16-11-5-8(17)1-3-10(11)15(21)18-9-2-4-13-12(6-9)19-14(20)7-22-13/h1-6H,7H2,(H,18,21)(H,19,20). The maximum atomic E-state index is 13.0. The van der Waals surface area contributed by atoms with Gasteiger partial charge in [0.1, 0.15) is 11.6 Å². The summed E-state index contributed by atoms with van der Waals surface area (Å²) in [6.45, 7) is -0.0378. The third-order valence-corrected chi connectivity index (χ3v) is 3.36. The van der Waals surface area contributed by atoms with E-state index in [0.717, 1.165) is 12.1 Å². The number of ether oxygens (including phenoxy) is 1. The Morgan fingerprint density at radius 1 is 1.27 bits per heavy atom. The molecule has 0 bridgehead atoms. The number of benzene rings is 2. The third kappa shape index (κ3) is 2.87. The highest BCUT2D eigenvalue weighted by Gasteiger charge is 2.17. The van der Waals surface area contributed by atoms with Crippen LogP contribution in [0, 0.1) is 5.82 Å². The molecule has 2 amide bonds. The molecule has 2 aromatic carbocycles. The van der Waals surface area contributed by atoms with E-state index in [2.05, 4.69) is 10.6 Å². The maximum absolute atomic E-state index is 13.0. The summed E-state index contributed by atoms with van der Waals surface area (Å²) < 4.78 is 18.2. The van der Waals surface area contributed by atoms with Crippen molar-refractivity contribution in [3.8, 4) is 5.75 Å². The van der Waals surface area contributed by atoms with Crippen molar-refractivity contribution in [2.24, 2.45) is 0 Å². The first kappa shape index (κ1) is 14.3. The van der Waals surface area contributed by atoms with Crippen molar-refractivity contribution in [1.82, 2.24) is 0 Å². The Hall–Kier alpha value is -2.60. The summed E-state index contributed by atoms with van der Waals surface area (Å²) in [4.78, 5) is 23.4. The number of rotatable bonds is 2. The Balaban J connectivity index is 1.82. The fraction of sp³-hybridized carbons (Fsp3) is 0.0667. The van der Waals surface area contributed by atoms with E-state index < -0.39 is 11.7 Å². The van der Waals surface area contributed by atoms with E-state index in [1.165, 1.54) is 6.07 Å². The van der Waals surface area contributed by atoms with E-state index in [9.17, 15) is 14.0 Å². The minimum atomic E-state index is -0.518. The molecule has 0 fully saturated rings. The van der Waals surface area contributed by atoms with Crippen LogP contribution in [0.5, 0.6) is 5.75 Å². The van der Waals surface area contributed by atoms with Gasteiger partial charge < -0.3 is 15.4 Å². The molecule has 1 aliphatic rings. The van der Waals surface area contributed by atoms with E-state index >= 15 is 0 Å². The molecule has 7 heteroatoms. The molecule has 0 saturated heterocycles. The van der Waals surface area contributed by atoms with Crippen LogP contribution in [0.2, 0.25) is 5.02 Å². The molecule has 5 nitrogen and oxygen atoms in total. The number of carbonyl (C=O) groups excluding carboxylic acids is 2. The van der Waals surface area contributed by atoms with Gasteiger partial charge in [0, 0.05) is 5.69 Å². The van der Waals surface area contributed by atoms with E-state index in [4.69, 9.17) is 16.3 Å². The summed E-state index contributed by atoms with van der Waals surface area (Å²) in [7, 11) is 0. The molecule has 2 N–H and O–H groups in total. The number of nitrogens with one attached hydrogen (secondary N) is 2. The largest absolute Gasteiger partial charge is 0.482 e. The van der Waals surface area contributed by atoms with Crippen LogP contribution in [0.15, 0.2) is 36.4 Å². The summed E-state index contributed by atoms with van der Waals surface area (Å²) in [5.41, 5.74) is 1.08. The van der Waals surface area contributed by atoms with Crippen molar-refractivity contribution in [2.45, 2.75) is 0 Å².